The Balaban J connectivity index is 1.61. The number of Topliss-reactive ketones (excluding diaryl/α,β-unsaturated/α-hetero) is 1. The molecule has 0 saturated heterocycles. The normalized spacial score (nSPS) is 19.8. The fraction of sp³-hybridized carbons (Fsp3) is 0.393. The number of hydrogen-bond acceptors (Lipinski definition) is 6. The molecule has 2 atom stereocenters. The van der Waals surface area contributed by atoms with Crippen LogP contribution >= 0.6 is 0 Å². The first kappa shape index (κ1) is 23.7. The molecular formula is C28H31NO5. The molecule has 4 rings (SSSR count). The van der Waals surface area contributed by atoms with E-state index in [-0.39, 0.29) is 19.0 Å². The summed E-state index contributed by atoms with van der Waals surface area (Å²) in [7, 11) is 0. The average Bonchev–Trinajstić information content (AvgIpc) is 2.85. The predicted octanol–water partition coefficient (Wildman–Crippen LogP) is 5.28. The predicted molar refractivity (Wildman–Crippen MR) is 130 cm³/mol. The van der Waals surface area contributed by atoms with Crippen molar-refractivity contribution in [1.29, 1.82) is 0 Å². The summed E-state index contributed by atoms with van der Waals surface area (Å²) in [6, 6.07) is 17.1. The van der Waals surface area contributed by atoms with Crippen LogP contribution in [0.15, 0.2) is 70.9 Å². The molecule has 0 bridgehead atoms. The van der Waals surface area contributed by atoms with Gasteiger partial charge in [0.25, 0.3) is 0 Å². The van der Waals surface area contributed by atoms with Crippen molar-refractivity contribution in [2.24, 2.45) is 10.9 Å². The fourth-order valence-electron chi connectivity index (χ4n) is 4.69. The molecule has 1 aliphatic heterocycles. The lowest BCUT2D eigenvalue weighted by Gasteiger charge is -2.36. The van der Waals surface area contributed by atoms with Crippen LogP contribution in [0.4, 0.5) is 0 Å². The number of fused-ring (bicyclic) bond motifs is 1. The lowest BCUT2D eigenvalue weighted by atomic mass is 9.69. The Kier molecular flexibility index (Phi) is 7.78. The van der Waals surface area contributed by atoms with Crippen LogP contribution in [-0.2, 0) is 14.3 Å². The Morgan fingerprint density at radius 2 is 1.71 bits per heavy atom. The van der Waals surface area contributed by atoms with Crippen LogP contribution in [0.25, 0.3) is 0 Å². The molecule has 6 nitrogen and oxygen atoms in total. The molecule has 0 N–H and O–H groups in total. The van der Waals surface area contributed by atoms with E-state index in [1.807, 2.05) is 68.4 Å². The Hall–Kier alpha value is -3.41. The molecule has 0 radical (unpaired) electrons. The van der Waals surface area contributed by atoms with E-state index in [1.165, 1.54) is 0 Å². The second kappa shape index (κ2) is 11.1. The number of carbonyl (C=O) groups excluding carboxylic acids is 2. The lowest BCUT2D eigenvalue weighted by molar-refractivity contribution is -0.140. The summed E-state index contributed by atoms with van der Waals surface area (Å²) >= 11 is 0. The molecule has 6 heteroatoms. The summed E-state index contributed by atoms with van der Waals surface area (Å²) in [6.07, 6.45) is 2.90. The first-order valence-corrected chi connectivity index (χ1v) is 12.0. The van der Waals surface area contributed by atoms with Crippen molar-refractivity contribution in [3.05, 3.63) is 71.4 Å². The third kappa shape index (κ3) is 5.22. The third-order valence-electron chi connectivity index (χ3n) is 6.17. The number of ether oxygens (including phenoxy) is 3. The Bertz CT molecular complexity index is 1090. The van der Waals surface area contributed by atoms with Crippen molar-refractivity contribution in [1.82, 2.24) is 0 Å². The highest BCUT2D eigenvalue weighted by molar-refractivity contribution is 6.11. The molecule has 2 aliphatic rings. The van der Waals surface area contributed by atoms with Gasteiger partial charge in [-0.3, -0.25) is 9.79 Å². The van der Waals surface area contributed by atoms with Crippen molar-refractivity contribution in [3.8, 4) is 11.5 Å². The summed E-state index contributed by atoms with van der Waals surface area (Å²) in [4.78, 5) is 31.2. The number of allylic oxidation sites excluding steroid dienone is 1. The van der Waals surface area contributed by atoms with Gasteiger partial charge < -0.3 is 14.2 Å². The van der Waals surface area contributed by atoms with Crippen molar-refractivity contribution in [2.45, 2.75) is 45.4 Å². The van der Waals surface area contributed by atoms with Gasteiger partial charge in [-0.15, -0.1) is 0 Å². The van der Waals surface area contributed by atoms with Crippen LogP contribution in [0.3, 0.4) is 0 Å². The van der Waals surface area contributed by atoms with Crippen LogP contribution in [0, 0.1) is 5.92 Å². The molecule has 1 aliphatic carbocycles. The third-order valence-corrected chi connectivity index (χ3v) is 6.17. The summed E-state index contributed by atoms with van der Waals surface area (Å²) in [5, 5.41) is 0. The van der Waals surface area contributed by atoms with E-state index in [1.54, 1.807) is 0 Å². The van der Waals surface area contributed by atoms with E-state index in [9.17, 15) is 9.59 Å². The molecule has 34 heavy (non-hydrogen) atoms. The van der Waals surface area contributed by atoms with Crippen LogP contribution in [-0.4, -0.2) is 37.3 Å². The molecule has 1 heterocycles. The molecular weight excluding hydrogens is 430 g/mol. The van der Waals surface area contributed by atoms with Gasteiger partial charge in [-0.1, -0.05) is 43.3 Å². The fourth-order valence-corrected chi connectivity index (χ4v) is 4.69. The molecule has 2 aromatic rings. The lowest BCUT2D eigenvalue weighted by Crippen LogP contribution is -2.39. The Labute approximate surface area is 200 Å². The highest BCUT2D eigenvalue weighted by Gasteiger charge is 2.44. The van der Waals surface area contributed by atoms with Crippen LogP contribution in [0.1, 0.15) is 51.0 Å². The zero-order valence-electron chi connectivity index (χ0n) is 19.8. The number of esters is 1. The number of hydrogen-bond donors (Lipinski definition) is 0. The summed E-state index contributed by atoms with van der Waals surface area (Å²) < 4.78 is 17.3. The molecule has 178 valence electrons. The average molecular weight is 462 g/mol. The summed E-state index contributed by atoms with van der Waals surface area (Å²) in [5.74, 6) is 0.118. The maximum absolute atomic E-state index is 13.4. The smallest absolute Gasteiger partial charge is 0.336 e. The molecule has 0 amide bonds. The zero-order chi connectivity index (χ0) is 23.9. The maximum atomic E-state index is 13.4. The quantitative estimate of drug-likeness (QED) is 0.375. The van der Waals surface area contributed by atoms with E-state index >= 15 is 0 Å². The minimum absolute atomic E-state index is 0.0976. The van der Waals surface area contributed by atoms with Gasteiger partial charge in [-0.05, 0) is 44.4 Å². The molecule has 1 saturated carbocycles. The van der Waals surface area contributed by atoms with E-state index in [0.29, 0.717) is 35.8 Å². The van der Waals surface area contributed by atoms with Gasteiger partial charge >= 0.3 is 5.97 Å². The number of rotatable bonds is 9. The van der Waals surface area contributed by atoms with Crippen molar-refractivity contribution in [2.75, 3.05) is 19.8 Å². The number of aliphatic imine (C=N–C) groups is 1. The molecule has 2 unspecified atom stereocenters. The second-order valence-electron chi connectivity index (χ2n) is 8.56. The van der Waals surface area contributed by atoms with E-state index in [2.05, 4.69) is 0 Å². The SMILES string of the molecule is CCCOc1ccccc1C1C(C(=O)OCCOc2ccccc2)=C(C)N=C2CCCC(=O)C21. The molecule has 0 spiro atoms. The van der Waals surface area contributed by atoms with Gasteiger partial charge in [0, 0.05) is 29.3 Å². The van der Waals surface area contributed by atoms with Crippen molar-refractivity contribution >= 4 is 17.5 Å². The monoisotopic (exact) mass is 461 g/mol. The van der Waals surface area contributed by atoms with Crippen molar-refractivity contribution in [3.63, 3.8) is 0 Å². The van der Waals surface area contributed by atoms with E-state index < -0.39 is 17.8 Å². The van der Waals surface area contributed by atoms with Crippen LogP contribution in [0.5, 0.6) is 11.5 Å². The standard InChI is InChI=1S/C28H31NO5/c1-3-16-33-24-15-8-7-12-21(24)26-25(19(2)29-22-13-9-14-23(30)27(22)26)28(31)34-18-17-32-20-10-5-4-6-11-20/h4-8,10-12,15,26-27H,3,9,13-14,16-18H2,1-2H3. The van der Waals surface area contributed by atoms with Gasteiger partial charge in [0.05, 0.1) is 18.1 Å². The van der Waals surface area contributed by atoms with Gasteiger partial charge in [-0.2, -0.15) is 0 Å². The first-order chi connectivity index (χ1) is 16.6. The van der Waals surface area contributed by atoms with Crippen LogP contribution in [0.2, 0.25) is 0 Å². The van der Waals surface area contributed by atoms with Crippen molar-refractivity contribution < 1.29 is 23.8 Å². The van der Waals surface area contributed by atoms with Crippen LogP contribution < -0.4 is 9.47 Å². The molecule has 0 aromatic heterocycles. The second-order valence-corrected chi connectivity index (χ2v) is 8.56. The van der Waals surface area contributed by atoms with E-state index in [4.69, 9.17) is 19.2 Å². The van der Waals surface area contributed by atoms with Gasteiger partial charge in [0.15, 0.2) is 0 Å². The van der Waals surface area contributed by atoms with E-state index in [0.717, 1.165) is 30.5 Å². The zero-order valence-corrected chi connectivity index (χ0v) is 19.8. The summed E-state index contributed by atoms with van der Waals surface area (Å²) in [5.41, 5.74) is 2.71. The van der Waals surface area contributed by atoms with Gasteiger partial charge in [0.1, 0.15) is 30.5 Å². The highest BCUT2D eigenvalue weighted by atomic mass is 16.6. The topological polar surface area (TPSA) is 74.2 Å². The number of nitrogens with zero attached hydrogens (tertiary/aromatic N) is 1. The minimum Gasteiger partial charge on any atom is -0.493 e. The number of para-hydroxylation sites is 2. The number of benzene rings is 2. The number of ketones is 1. The Morgan fingerprint density at radius 1 is 0.941 bits per heavy atom. The van der Waals surface area contributed by atoms with Gasteiger partial charge in [-0.25, -0.2) is 4.79 Å². The summed E-state index contributed by atoms with van der Waals surface area (Å²) in [6.45, 7) is 4.76. The molecule has 1 fully saturated rings. The minimum atomic E-state index is -0.476. The largest absolute Gasteiger partial charge is 0.493 e. The maximum Gasteiger partial charge on any atom is 0.336 e. The van der Waals surface area contributed by atoms with Gasteiger partial charge in [0.2, 0.25) is 0 Å². The molecule has 2 aromatic carbocycles. The highest BCUT2D eigenvalue weighted by Crippen LogP contribution is 2.45. The first-order valence-electron chi connectivity index (χ1n) is 12.0. The Morgan fingerprint density at radius 3 is 2.50 bits per heavy atom. The number of carbonyl (C=O) groups is 2.